The standard InChI is InChI=1S/C17H20N2O4/c1-5-6-10-15-12(7-11(9(2)20)16(10)21)14(19(3)4)8-13(18-15)17(22)23/h7-8,21H,5-6H2,1-4H3,(H,22,23). The molecule has 122 valence electrons. The zero-order chi connectivity index (χ0) is 17.3. The lowest BCUT2D eigenvalue weighted by atomic mass is 9.96. The smallest absolute Gasteiger partial charge is 0.354 e. The molecule has 0 radical (unpaired) electrons. The maximum absolute atomic E-state index is 11.8. The van der Waals surface area contributed by atoms with Crippen molar-refractivity contribution >= 4 is 28.3 Å². The number of rotatable bonds is 5. The molecule has 1 aromatic heterocycles. The zero-order valence-corrected chi connectivity index (χ0v) is 13.7. The van der Waals surface area contributed by atoms with Crippen molar-refractivity contribution in [1.82, 2.24) is 4.98 Å². The van der Waals surface area contributed by atoms with Gasteiger partial charge in [-0.05, 0) is 25.5 Å². The number of aromatic nitrogens is 1. The third kappa shape index (κ3) is 2.97. The average Bonchev–Trinajstić information content (AvgIpc) is 2.48. The van der Waals surface area contributed by atoms with Crippen LogP contribution in [0, 0.1) is 0 Å². The van der Waals surface area contributed by atoms with Crippen LogP contribution in [0.1, 0.15) is 46.7 Å². The highest BCUT2D eigenvalue weighted by Gasteiger charge is 2.21. The third-order valence-corrected chi connectivity index (χ3v) is 3.73. The first kappa shape index (κ1) is 16.7. The molecule has 1 aromatic carbocycles. The number of hydrogen-bond donors (Lipinski definition) is 2. The second-order valence-corrected chi connectivity index (χ2v) is 5.68. The molecule has 0 fully saturated rings. The van der Waals surface area contributed by atoms with Gasteiger partial charge in [0.15, 0.2) is 11.5 Å². The average molecular weight is 316 g/mol. The first-order chi connectivity index (χ1) is 10.8. The SMILES string of the molecule is CCCc1c(O)c(C(C)=O)cc2c(N(C)C)cc(C(=O)O)nc12. The fourth-order valence-electron chi connectivity index (χ4n) is 2.64. The number of fused-ring (bicyclic) bond motifs is 1. The van der Waals surface area contributed by atoms with Crippen LogP contribution in [0.15, 0.2) is 12.1 Å². The van der Waals surface area contributed by atoms with Crippen LogP contribution in [0.25, 0.3) is 10.9 Å². The fraction of sp³-hybridized carbons (Fsp3) is 0.353. The number of Topliss-reactive ketones (excluding diaryl/α,β-unsaturated/α-hetero) is 1. The van der Waals surface area contributed by atoms with Crippen LogP contribution in [0.4, 0.5) is 5.69 Å². The van der Waals surface area contributed by atoms with Crippen molar-refractivity contribution in [3.63, 3.8) is 0 Å². The number of phenolic OH excluding ortho intramolecular Hbond substituents is 1. The van der Waals surface area contributed by atoms with Gasteiger partial charge < -0.3 is 15.1 Å². The van der Waals surface area contributed by atoms with Crippen LogP contribution >= 0.6 is 0 Å². The third-order valence-electron chi connectivity index (χ3n) is 3.73. The number of pyridine rings is 1. The van der Waals surface area contributed by atoms with Gasteiger partial charge in [-0.2, -0.15) is 0 Å². The van der Waals surface area contributed by atoms with Crippen molar-refractivity contribution in [2.75, 3.05) is 19.0 Å². The van der Waals surface area contributed by atoms with E-state index in [-0.39, 0.29) is 22.8 Å². The first-order valence-electron chi connectivity index (χ1n) is 7.39. The van der Waals surface area contributed by atoms with Gasteiger partial charge in [0.25, 0.3) is 0 Å². The highest BCUT2D eigenvalue weighted by molar-refractivity contribution is 6.06. The second kappa shape index (κ2) is 6.24. The molecule has 0 aliphatic heterocycles. The van der Waals surface area contributed by atoms with Crippen LogP contribution in [-0.2, 0) is 6.42 Å². The summed E-state index contributed by atoms with van der Waals surface area (Å²) in [5, 5.41) is 20.4. The molecule has 2 aromatic rings. The van der Waals surface area contributed by atoms with Crippen LogP contribution < -0.4 is 4.90 Å². The van der Waals surface area contributed by atoms with Crippen LogP contribution in [0.5, 0.6) is 5.75 Å². The Morgan fingerprint density at radius 1 is 1.26 bits per heavy atom. The summed E-state index contributed by atoms with van der Waals surface area (Å²) in [4.78, 5) is 29.2. The molecule has 0 aliphatic rings. The Kier molecular flexibility index (Phi) is 4.54. The molecule has 6 heteroatoms. The molecule has 0 saturated heterocycles. The van der Waals surface area contributed by atoms with Gasteiger partial charge >= 0.3 is 5.97 Å². The predicted molar refractivity (Wildman–Crippen MR) is 88.7 cm³/mol. The van der Waals surface area contributed by atoms with E-state index < -0.39 is 5.97 Å². The Bertz CT molecular complexity index is 797. The van der Waals surface area contributed by atoms with Crippen molar-refractivity contribution in [3.8, 4) is 5.75 Å². The van der Waals surface area contributed by atoms with Gasteiger partial charge in [0.1, 0.15) is 5.75 Å². The summed E-state index contributed by atoms with van der Waals surface area (Å²) in [6.45, 7) is 3.34. The Labute approximate surface area is 134 Å². The summed E-state index contributed by atoms with van der Waals surface area (Å²) in [5.74, 6) is -1.48. The summed E-state index contributed by atoms with van der Waals surface area (Å²) >= 11 is 0. The number of carbonyl (C=O) groups excluding carboxylic acids is 1. The number of carboxylic acids is 1. The van der Waals surface area contributed by atoms with Crippen molar-refractivity contribution in [1.29, 1.82) is 0 Å². The highest BCUT2D eigenvalue weighted by atomic mass is 16.4. The Morgan fingerprint density at radius 2 is 1.91 bits per heavy atom. The van der Waals surface area contributed by atoms with Crippen molar-refractivity contribution in [2.24, 2.45) is 0 Å². The largest absolute Gasteiger partial charge is 0.507 e. The van der Waals surface area contributed by atoms with E-state index in [2.05, 4.69) is 4.98 Å². The van der Waals surface area contributed by atoms with Gasteiger partial charge in [-0.1, -0.05) is 13.3 Å². The van der Waals surface area contributed by atoms with E-state index in [1.807, 2.05) is 6.92 Å². The Morgan fingerprint density at radius 3 is 2.39 bits per heavy atom. The van der Waals surface area contributed by atoms with E-state index in [4.69, 9.17) is 0 Å². The Balaban J connectivity index is 2.99. The highest BCUT2D eigenvalue weighted by Crippen LogP contribution is 2.36. The number of benzene rings is 1. The Hall–Kier alpha value is -2.63. The molecule has 0 atom stereocenters. The lowest BCUT2D eigenvalue weighted by Gasteiger charge is -2.19. The summed E-state index contributed by atoms with van der Waals surface area (Å²) < 4.78 is 0. The quantitative estimate of drug-likeness (QED) is 0.824. The van der Waals surface area contributed by atoms with E-state index in [1.165, 1.54) is 13.0 Å². The van der Waals surface area contributed by atoms with E-state index in [0.29, 0.717) is 28.6 Å². The molecule has 2 rings (SSSR count). The molecule has 6 nitrogen and oxygen atoms in total. The zero-order valence-electron chi connectivity index (χ0n) is 13.7. The molecule has 0 aliphatic carbocycles. The van der Waals surface area contributed by atoms with E-state index >= 15 is 0 Å². The van der Waals surface area contributed by atoms with Gasteiger partial charge in [0, 0.05) is 30.7 Å². The summed E-state index contributed by atoms with van der Waals surface area (Å²) in [6, 6.07) is 3.06. The number of anilines is 1. The number of ketones is 1. The normalized spacial score (nSPS) is 10.8. The molecule has 0 spiro atoms. The minimum absolute atomic E-state index is 0.0893. The topological polar surface area (TPSA) is 90.7 Å². The molecule has 0 bridgehead atoms. The van der Waals surface area contributed by atoms with Gasteiger partial charge in [0.05, 0.1) is 11.1 Å². The number of carbonyl (C=O) groups is 2. The minimum Gasteiger partial charge on any atom is -0.507 e. The lowest BCUT2D eigenvalue weighted by molar-refractivity contribution is 0.0690. The molecule has 2 N–H and O–H groups in total. The number of carboxylic acid groups (broad SMARTS) is 1. The maximum Gasteiger partial charge on any atom is 0.354 e. The van der Waals surface area contributed by atoms with Gasteiger partial charge in [0.2, 0.25) is 0 Å². The molecule has 0 unspecified atom stereocenters. The van der Waals surface area contributed by atoms with Crippen LogP contribution in [0.3, 0.4) is 0 Å². The molecule has 1 heterocycles. The maximum atomic E-state index is 11.8. The molecule has 0 saturated carbocycles. The van der Waals surface area contributed by atoms with E-state index in [1.54, 1.807) is 25.1 Å². The van der Waals surface area contributed by atoms with Gasteiger partial charge in [-0.3, -0.25) is 4.79 Å². The number of aromatic hydroxyl groups is 1. The number of phenols is 1. The van der Waals surface area contributed by atoms with E-state index in [0.717, 1.165) is 6.42 Å². The monoisotopic (exact) mass is 316 g/mol. The summed E-state index contributed by atoms with van der Waals surface area (Å²) in [5.41, 5.74) is 1.73. The van der Waals surface area contributed by atoms with Crippen LogP contribution in [-0.4, -0.2) is 41.0 Å². The molecule has 23 heavy (non-hydrogen) atoms. The summed E-state index contributed by atoms with van der Waals surface area (Å²) in [7, 11) is 3.58. The minimum atomic E-state index is -1.13. The molecule has 0 amide bonds. The number of nitrogens with zero attached hydrogens (tertiary/aromatic N) is 2. The fourth-order valence-corrected chi connectivity index (χ4v) is 2.64. The lowest BCUT2D eigenvalue weighted by Crippen LogP contribution is -2.13. The predicted octanol–water partition coefficient (Wildman–Crippen LogP) is 2.86. The number of aryl methyl sites for hydroxylation is 1. The van der Waals surface area contributed by atoms with E-state index in [9.17, 15) is 19.8 Å². The van der Waals surface area contributed by atoms with Crippen LogP contribution in [0.2, 0.25) is 0 Å². The van der Waals surface area contributed by atoms with Gasteiger partial charge in [-0.15, -0.1) is 0 Å². The number of aromatic carboxylic acids is 1. The molecular formula is C17H20N2O4. The van der Waals surface area contributed by atoms with Crippen molar-refractivity contribution in [3.05, 3.63) is 29.0 Å². The first-order valence-corrected chi connectivity index (χ1v) is 7.39. The van der Waals surface area contributed by atoms with Crippen molar-refractivity contribution < 1.29 is 19.8 Å². The van der Waals surface area contributed by atoms with Crippen molar-refractivity contribution in [2.45, 2.75) is 26.7 Å². The second-order valence-electron chi connectivity index (χ2n) is 5.68. The van der Waals surface area contributed by atoms with Gasteiger partial charge in [-0.25, -0.2) is 9.78 Å². The molecular weight excluding hydrogens is 296 g/mol. The summed E-state index contributed by atoms with van der Waals surface area (Å²) in [6.07, 6.45) is 1.24. The number of hydrogen-bond acceptors (Lipinski definition) is 5.